The van der Waals surface area contributed by atoms with Gasteiger partial charge in [0, 0.05) is 6.42 Å². The maximum Gasteiger partial charge on any atom is 0.239 e. The monoisotopic (exact) mass is 384 g/mol. The van der Waals surface area contributed by atoms with Crippen LogP contribution in [0.15, 0.2) is 46.3 Å². The van der Waals surface area contributed by atoms with Gasteiger partial charge in [-0.3, -0.25) is 0 Å². The second kappa shape index (κ2) is 7.43. The van der Waals surface area contributed by atoms with Gasteiger partial charge in [0.2, 0.25) is 5.89 Å². The number of aryl methyl sites for hydroxylation is 1. The smallest absolute Gasteiger partial charge is 0.239 e. The molecule has 0 spiro atoms. The minimum absolute atomic E-state index is 0.0598. The molecule has 138 valence electrons. The second-order valence-electron chi connectivity index (χ2n) is 6.01. The Morgan fingerprint density at radius 2 is 2.04 bits per heavy atom. The van der Waals surface area contributed by atoms with Crippen LogP contribution in [0.5, 0.6) is 0 Å². The van der Waals surface area contributed by atoms with Crippen molar-refractivity contribution in [1.29, 1.82) is 0 Å². The van der Waals surface area contributed by atoms with E-state index in [0.29, 0.717) is 11.5 Å². The van der Waals surface area contributed by atoms with Gasteiger partial charge >= 0.3 is 0 Å². The molecule has 0 aliphatic heterocycles. The van der Waals surface area contributed by atoms with Gasteiger partial charge in [-0.05, 0) is 37.6 Å². The summed E-state index contributed by atoms with van der Waals surface area (Å²) in [4.78, 5) is 13.2. The standard InChI is InChI=1S/C18H17FN6OS/c1-3-4-15-23-17(26-24-15)11(2)27-18-14-9-22-25(16(14)20-10-21-18)13-7-5-12(19)6-8-13/h5-11H,3-4H2,1-2H3. The van der Waals surface area contributed by atoms with Crippen molar-refractivity contribution in [2.75, 3.05) is 0 Å². The molecule has 3 heterocycles. The molecule has 4 aromatic rings. The highest BCUT2D eigenvalue weighted by Crippen LogP contribution is 2.36. The molecule has 4 rings (SSSR count). The molecule has 0 saturated carbocycles. The lowest BCUT2D eigenvalue weighted by molar-refractivity contribution is 0.374. The maximum absolute atomic E-state index is 13.2. The molecule has 27 heavy (non-hydrogen) atoms. The Labute approximate surface area is 159 Å². The zero-order chi connectivity index (χ0) is 18.8. The third kappa shape index (κ3) is 3.55. The molecule has 1 atom stereocenters. The van der Waals surface area contributed by atoms with Crippen molar-refractivity contribution in [3.8, 4) is 5.69 Å². The van der Waals surface area contributed by atoms with Crippen LogP contribution in [0.25, 0.3) is 16.7 Å². The molecule has 0 bridgehead atoms. The topological polar surface area (TPSA) is 82.5 Å². The van der Waals surface area contributed by atoms with Crippen LogP contribution in [0, 0.1) is 5.82 Å². The summed E-state index contributed by atoms with van der Waals surface area (Å²) in [5.74, 6) is 0.995. The third-order valence-corrected chi connectivity index (χ3v) is 5.10. The fraction of sp³-hybridized carbons (Fsp3) is 0.278. The fourth-order valence-electron chi connectivity index (χ4n) is 2.66. The van der Waals surface area contributed by atoms with Crippen LogP contribution < -0.4 is 0 Å². The average Bonchev–Trinajstić information content (AvgIpc) is 3.31. The van der Waals surface area contributed by atoms with Crippen LogP contribution in [0.3, 0.4) is 0 Å². The van der Waals surface area contributed by atoms with Crippen LogP contribution in [0.4, 0.5) is 4.39 Å². The van der Waals surface area contributed by atoms with Crippen molar-refractivity contribution >= 4 is 22.8 Å². The van der Waals surface area contributed by atoms with E-state index in [4.69, 9.17) is 4.52 Å². The van der Waals surface area contributed by atoms with Crippen molar-refractivity contribution in [2.45, 2.75) is 37.0 Å². The van der Waals surface area contributed by atoms with E-state index in [-0.39, 0.29) is 11.1 Å². The molecule has 7 nitrogen and oxygen atoms in total. The molecule has 0 saturated heterocycles. The molecule has 0 aliphatic carbocycles. The van der Waals surface area contributed by atoms with Crippen LogP contribution in [0.2, 0.25) is 0 Å². The highest BCUT2D eigenvalue weighted by Gasteiger charge is 2.19. The number of hydrogen-bond donors (Lipinski definition) is 0. The summed E-state index contributed by atoms with van der Waals surface area (Å²) in [7, 11) is 0. The zero-order valence-corrected chi connectivity index (χ0v) is 15.6. The normalized spacial score (nSPS) is 12.6. The van der Waals surface area contributed by atoms with E-state index in [0.717, 1.165) is 34.8 Å². The number of aromatic nitrogens is 6. The molecule has 9 heteroatoms. The van der Waals surface area contributed by atoms with Crippen LogP contribution in [0.1, 0.15) is 37.2 Å². The van der Waals surface area contributed by atoms with Crippen LogP contribution in [-0.4, -0.2) is 29.9 Å². The van der Waals surface area contributed by atoms with Crippen LogP contribution in [-0.2, 0) is 6.42 Å². The molecule has 0 aliphatic rings. The summed E-state index contributed by atoms with van der Waals surface area (Å²) in [6.07, 6.45) is 4.97. The Morgan fingerprint density at radius 1 is 1.22 bits per heavy atom. The molecular formula is C18H17FN6OS. The van der Waals surface area contributed by atoms with E-state index in [1.54, 1.807) is 23.0 Å². The van der Waals surface area contributed by atoms with Crippen LogP contribution >= 0.6 is 11.8 Å². The Morgan fingerprint density at radius 3 is 2.81 bits per heavy atom. The summed E-state index contributed by atoms with van der Waals surface area (Å²) in [5.41, 5.74) is 1.39. The average molecular weight is 384 g/mol. The summed E-state index contributed by atoms with van der Waals surface area (Å²) < 4.78 is 20.2. The predicted molar refractivity (Wildman–Crippen MR) is 99.2 cm³/mol. The molecule has 1 unspecified atom stereocenters. The lowest BCUT2D eigenvalue weighted by Crippen LogP contribution is -1.98. The Bertz CT molecular complexity index is 1060. The first-order valence-corrected chi connectivity index (χ1v) is 9.47. The van der Waals surface area contributed by atoms with E-state index >= 15 is 0 Å². The van der Waals surface area contributed by atoms with Gasteiger partial charge in [-0.1, -0.05) is 23.8 Å². The fourth-order valence-corrected chi connectivity index (χ4v) is 3.57. The Kier molecular flexibility index (Phi) is 4.85. The minimum Gasteiger partial charge on any atom is -0.338 e. The minimum atomic E-state index is -0.295. The molecular weight excluding hydrogens is 367 g/mol. The molecule has 0 N–H and O–H groups in total. The number of nitrogens with zero attached hydrogens (tertiary/aromatic N) is 6. The largest absolute Gasteiger partial charge is 0.338 e. The summed E-state index contributed by atoms with van der Waals surface area (Å²) >= 11 is 1.51. The number of halogens is 1. The summed E-state index contributed by atoms with van der Waals surface area (Å²) in [6.45, 7) is 4.07. The van der Waals surface area contributed by atoms with Crippen molar-refractivity contribution in [3.63, 3.8) is 0 Å². The first-order valence-electron chi connectivity index (χ1n) is 8.59. The highest BCUT2D eigenvalue weighted by molar-refractivity contribution is 7.99. The van der Waals surface area contributed by atoms with Gasteiger partial charge in [-0.15, -0.1) is 0 Å². The first kappa shape index (κ1) is 17.6. The lowest BCUT2D eigenvalue weighted by atomic mass is 10.3. The number of rotatable bonds is 6. The van der Waals surface area contributed by atoms with Crippen molar-refractivity contribution in [1.82, 2.24) is 29.9 Å². The van der Waals surface area contributed by atoms with Gasteiger partial charge in [0.05, 0.1) is 22.5 Å². The predicted octanol–water partition coefficient (Wildman–Crippen LogP) is 4.14. The Balaban J connectivity index is 1.63. The van der Waals surface area contributed by atoms with Gasteiger partial charge in [0.1, 0.15) is 17.2 Å². The highest BCUT2D eigenvalue weighted by atomic mass is 32.2. The van der Waals surface area contributed by atoms with Gasteiger partial charge in [0.15, 0.2) is 11.5 Å². The van der Waals surface area contributed by atoms with Crippen molar-refractivity contribution < 1.29 is 8.91 Å². The third-order valence-electron chi connectivity index (χ3n) is 3.99. The lowest BCUT2D eigenvalue weighted by Gasteiger charge is -2.07. The number of fused-ring (bicyclic) bond motifs is 1. The SMILES string of the molecule is CCCc1noc(C(C)Sc2ncnc3c2cnn3-c2ccc(F)cc2)n1. The number of hydrogen-bond acceptors (Lipinski definition) is 7. The molecule has 0 amide bonds. The molecule has 0 radical (unpaired) electrons. The van der Waals surface area contributed by atoms with E-state index in [1.165, 1.54) is 30.2 Å². The molecule has 0 fully saturated rings. The van der Waals surface area contributed by atoms with E-state index in [9.17, 15) is 4.39 Å². The van der Waals surface area contributed by atoms with E-state index < -0.39 is 0 Å². The van der Waals surface area contributed by atoms with Gasteiger partial charge in [-0.25, -0.2) is 19.0 Å². The number of benzene rings is 1. The van der Waals surface area contributed by atoms with E-state index in [2.05, 4.69) is 32.1 Å². The van der Waals surface area contributed by atoms with Crippen molar-refractivity contribution in [3.05, 3.63) is 54.3 Å². The van der Waals surface area contributed by atoms with Crippen molar-refractivity contribution in [2.24, 2.45) is 0 Å². The quantitative estimate of drug-likeness (QED) is 0.365. The molecule has 1 aromatic carbocycles. The Hall–Kier alpha value is -2.81. The summed E-state index contributed by atoms with van der Waals surface area (Å²) in [5, 5.41) is 9.92. The van der Waals surface area contributed by atoms with E-state index in [1.807, 2.05) is 6.92 Å². The number of thioether (sulfide) groups is 1. The maximum atomic E-state index is 13.2. The first-order chi connectivity index (χ1) is 13.2. The zero-order valence-electron chi connectivity index (χ0n) is 14.8. The van der Waals surface area contributed by atoms with Gasteiger partial charge in [0.25, 0.3) is 0 Å². The van der Waals surface area contributed by atoms with Gasteiger partial charge < -0.3 is 4.52 Å². The molecule has 3 aromatic heterocycles. The van der Waals surface area contributed by atoms with Gasteiger partial charge in [-0.2, -0.15) is 10.1 Å². The second-order valence-corrected chi connectivity index (χ2v) is 7.34. The summed E-state index contributed by atoms with van der Waals surface area (Å²) in [6, 6.07) is 6.11.